The summed E-state index contributed by atoms with van der Waals surface area (Å²) in [6, 6.07) is 8.28. The average molecular weight is 298 g/mol. The molecule has 20 heavy (non-hydrogen) atoms. The lowest BCUT2D eigenvalue weighted by Gasteiger charge is -2.16. The van der Waals surface area contributed by atoms with Gasteiger partial charge in [0.15, 0.2) is 9.84 Å². The van der Waals surface area contributed by atoms with Gasteiger partial charge in [-0.2, -0.15) is 0 Å². The number of hydrogen-bond acceptors (Lipinski definition) is 4. The van der Waals surface area contributed by atoms with E-state index in [9.17, 15) is 18.0 Å². The minimum absolute atomic E-state index is 0.368. The van der Waals surface area contributed by atoms with E-state index >= 15 is 0 Å². The average Bonchev–Trinajstić information content (AvgIpc) is 2.44. The van der Waals surface area contributed by atoms with Crippen LogP contribution in [0.1, 0.15) is 31.1 Å². The Kier molecular flexibility index (Phi) is 5.26. The maximum atomic E-state index is 11.8. The summed E-state index contributed by atoms with van der Waals surface area (Å²) < 4.78 is 23.6. The van der Waals surface area contributed by atoms with Gasteiger partial charge in [0.1, 0.15) is 5.25 Å². The Hall–Kier alpha value is -1.89. The van der Waals surface area contributed by atoms with Gasteiger partial charge in [-0.15, -0.1) is 0 Å². The van der Waals surface area contributed by atoms with Crippen molar-refractivity contribution >= 4 is 21.7 Å². The Bertz CT molecular complexity index is 582. The van der Waals surface area contributed by atoms with Gasteiger partial charge < -0.3 is 0 Å². The van der Waals surface area contributed by atoms with Crippen LogP contribution >= 0.6 is 0 Å². The van der Waals surface area contributed by atoms with Gasteiger partial charge >= 0.3 is 0 Å². The molecule has 1 aromatic rings. The number of hydrazine groups is 1. The Balaban J connectivity index is 2.63. The van der Waals surface area contributed by atoms with Crippen LogP contribution in [0.25, 0.3) is 0 Å². The second-order valence-corrected chi connectivity index (χ2v) is 7.42. The highest BCUT2D eigenvalue weighted by molar-refractivity contribution is 7.93. The summed E-state index contributed by atoms with van der Waals surface area (Å²) in [5.41, 5.74) is 4.68. The summed E-state index contributed by atoms with van der Waals surface area (Å²) in [4.78, 5) is 23.4. The lowest BCUT2D eigenvalue weighted by molar-refractivity contribution is -0.121. The van der Waals surface area contributed by atoms with Crippen LogP contribution in [0.2, 0.25) is 0 Å². The lowest BCUT2D eigenvalue weighted by atomic mass is 10.2. The smallest absolute Gasteiger partial charge is 0.269 e. The van der Waals surface area contributed by atoms with E-state index in [4.69, 9.17) is 0 Å². The molecule has 0 bridgehead atoms. The van der Waals surface area contributed by atoms with Crippen molar-refractivity contribution < 1.29 is 18.0 Å². The third-order valence-electron chi connectivity index (χ3n) is 2.85. The summed E-state index contributed by atoms with van der Waals surface area (Å²) in [6.45, 7) is 4.29. The fraction of sp³-hybridized carbons (Fsp3) is 0.385. The van der Waals surface area contributed by atoms with E-state index in [1.54, 1.807) is 30.3 Å². The van der Waals surface area contributed by atoms with Gasteiger partial charge in [0, 0.05) is 5.56 Å². The number of carbonyl (C=O) groups is 2. The number of rotatable bonds is 4. The largest absolute Gasteiger partial charge is 0.272 e. The highest BCUT2D eigenvalue weighted by atomic mass is 32.2. The molecule has 0 saturated carbocycles. The van der Waals surface area contributed by atoms with Crippen LogP contribution in [0.3, 0.4) is 0 Å². The van der Waals surface area contributed by atoms with Gasteiger partial charge in [0.05, 0.1) is 5.25 Å². The number of nitrogens with one attached hydrogen (secondary N) is 2. The number of amides is 2. The summed E-state index contributed by atoms with van der Waals surface area (Å²) in [5.74, 6) is -1.27. The number of sulfone groups is 1. The van der Waals surface area contributed by atoms with Crippen molar-refractivity contribution in [2.75, 3.05) is 0 Å². The van der Waals surface area contributed by atoms with Gasteiger partial charge in [0.25, 0.3) is 11.8 Å². The highest BCUT2D eigenvalue weighted by Crippen LogP contribution is 2.08. The molecular formula is C13H18N2O4S. The van der Waals surface area contributed by atoms with Crippen molar-refractivity contribution in [3.63, 3.8) is 0 Å². The van der Waals surface area contributed by atoms with Gasteiger partial charge in [-0.25, -0.2) is 8.42 Å². The van der Waals surface area contributed by atoms with Gasteiger partial charge in [-0.3, -0.25) is 20.4 Å². The standard InChI is InChI=1S/C13H18N2O4S/c1-9(2)20(18,19)10(3)12(16)14-15-13(17)11-7-5-4-6-8-11/h4-10H,1-3H3,(H,14,16)(H,15,17). The van der Waals surface area contributed by atoms with E-state index in [0.717, 1.165) is 0 Å². The van der Waals surface area contributed by atoms with Crippen LogP contribution in [0.15, 0.2) is 30.3 Å². The third kappa shape index (κ3) is 3.80. The molecule has 1 unspecified atom stereocenters. The SMILES string of the molecule is CC(C)S(=O)(=O)C(C)C(=O)NNC(=O)c1ccccc1. The number of hydrogen-bond donors (Lipinski definition) is 2. The van der Waals surface area contributed by atoms with Crippen LogP contribution in [-0.4, -0.2) is 30.7 Å². The molecule has 1 atom stereocenters. The van der Waals surface area contributed by atoms with Crippen molar-refractivity contribution in [2.24, 2.45) is 0 Å². The van der Waals surface area contributed by atoms with E-state index in [1.165, 1.54) is 20.8 Å². The molecule has 0 spiro atoms. The number of carbonyl (C=O) groups excluding carboxylic acids is 2. The Morgan fingerprint density at radius 3 is 2.05 bits per heavy atom. The van der Waals surface area contributed by atoms with Crippen molar-refractivity contribution in [3.05, 3.63) is 35.9 Å². The first-order valence-electron chi connectivity index (χ1n) is 6.14. The zero-order valence-corrected chi connectivity index (χ0v) is 12.4. The maximum absolute atomic E-state index is 11.8. The summed E-state index contributed by atoms with van der Waals surface area (Å²) in [5, 5.41) is -1.88. The molecule has 1 rings (SSSR count). The molecule has 1 aromatic carbocycles. The molecule has 0 aromatic heterocycles. The maximum Gasteiger partial charge on any atom is 0.269 e. The molecule has 110 valence electrons. The third-order valence-corrected chi connectivity index (χ3v) is 5.37. The van der Waals surface area contributed by atoms with E-state index in [0.29, 0.717) is 5.56 Å². The monoisotopic (exact) mass is 298 g/mol. The molecule has 2 N–H and O–H groups in total. The minimum Gasteiger partial charge on any atom is -0.272 e. The summed E-state index contributed by atoms with van der Waals surface area (Å²) >= 11 is 0. The predicted octanol–water partition coefficient (Wildman–Crippen LogP) is 0.659. The molecule has 0 heterocycles. The minimum atomic E-state index is -3.55. The van der Waals surface area contributed by atoms with E-state index in [1.807, 2.05) is 0 Å². The second-order valence-electron chi connectivity index (χ2n) is 4.59. The lowest BCUT2D eigenvalue weighted by Crippen LogP contribution is -2.48. The first-order chi connectivity index (χ1) is 9.26. The van der Waals surface area contributed by atoms with Crippen molar-refractivity contribution in [2.45, 2.75) is 31.3 Å². The Morgan fingerprint density at radius 1 is 1.00 bits per heavy atom. The summed E-state index contributed by atoms with van der Waals surface area (Å²) in [6.07, 6.45) is 0. The molecule has 0 radical (unpaired) electrons. The van der Waals surface area contributed by atoms with E-state index in [2.05, 4.69) is 10.9 Å². The fourth-order valence-electron chi connectivity index (χ4n) is 1.44. The molecule has 2 amide bonds. The Morgan fingerprint density at radius 2 is 1.55 bits per heavy atom. The van der Waals surface area contributed by atoms with Crippen LogP contribution < -0.4 is 10.9 Å². The van der Waals surface area contributed by atoms with Crippen LogP contribution in [0, 0.1) is 0 Å². The van der Waals surface area contributed by atoms with Gasteiger partial charge in [-0.05, 0) is 32.9 Å². The molecule has 7 heteroatoms. The quantitative estimate of drug-likeness (QED) is 0.799. The molecule has 0 aliphatic carbocycles. The van der Waals surface area contributed by atoms with E-state index < -0.39 is 32.2 Å². The molecule has 0 fully saturated rings. The molecule has 0 saturated heterocycles. The second kappa shape index (κ2) is 6.51. The van der Waals surface area contributed by atoms with Gasteiger partial charge in [0.2, 0.25) is 0 Å². The number of benzene rings is 1. The first-order valence-corrected chi connectivity index (χ1v) is 7.75. The van der Waals surface area contributed by atoms with Crippen LogP contribution in [0.5, 0.6) is 0 Å². The molecule has 0 aliphatic heterocycles. The topological polar surface area (TPSA) is 92.3 Å². The van der Waals surface area contributed by atoms with Crippen LogP contribution in [0.4, 0.5) is 0 Å². The summed E-state index contributed by atoms with van der Waals surface area (Å²) in [7, 11) is -3.55. The zero-order valence-electron chi connectivity index (χ0n) is 11.6. The molecule has 6 nitrogen and oxygen atoms in total. The van der Waals surface area contributed by atoms with Crippen molar-refractivity contribution in [1.29, 1.82) is 0 Å². The van der Waals surface area contributed by atoms with Crippen LogP contribution in [-0.2, 0) is 14.6 Å². The zero-order chi connectivity index (χ0) is 15.3. The molecular weight excluding hydrogens is 280 g/mol. The molecule has 0 aliphatic rings. The predicted molar refractivity (Wildman–Crippen MR) is 75.6 cm³/mol. The van der Waals surface area contributed by atoms with E-state index in [-0.39, 0.29) is 0 Å². The normalized spacial score (nSPS) is 12.8. The fourth-order valence-corrected chi connectivity index (χ4v) is 2.61. The first kappa shape index (κ1) is 16.2. The Labute approximate surface area is 118 Å². The van der Waals surface area contributed by atoms with Crippen molar-refractivity contribution in [3.8, 4) is 0 Å². The van der Waals surface area contributed by atoms with Gasteiger partial charge in [-0.1, -0.05) is 18.2 Å². The highest BCUT2D eigenvalue weighted by Gasteiger charge is 2.30. The van der Waals surface area contributed by atoms with Crippen molar-refractivity contribution in [1.82, 2.24) is 10.9 Å².